The Morgan fingerprint density at radius 1 is 0.939 bits per heavy atom. The number of nitrogens with one attached hydrogen (secondary N) is 2. The summed E-state index contributed by atoms with van der Waals surface area (Å²) in [5, 5.41) is 7.35. The average molecular weight is 481 g/mol. The molecule has 9 heteroatoms. The summed E-state index contributed by atoms with van der Waals surface area (Å²) in [5.41, 5.74) is 2.08. The van der Waals surface area contributed by atoms with Crippen LogP contribution in [-0.4, -0.2) is 32.0 Å². The van der Waals surface area contributed by atoms with E-state index >= 15 is 0 Å². The lowest BCUT2D eigenvalue weighted by Crippen LogP contribution is -2.29. The molecule has 2 heterocycles. The maximum absolute atomic E-state index is 12.3. The number of carbonyl (C=O) groups excluding carboxylic acids is 1. The highest BCUT2D eigenvalue weighted by atomic mass is 35.5. The van der Waals surface area contributed by atoms with Crippen LogP contribution in [0, 0.1) is 0 Å². The molecule has 0 unspecified atom stereocenters. The predicted octanol–water partition coefficient (Wildman–Crippen LogP) is 4.48. The quantitative estimate of drug-likeness (QED) is 0.368. The number of nitrogens with zero attached hydrogens (tertiary/aromatic N) is 4. The first-order valence-corrected chi connectivity index (χ1v) is 11.2. The fraction of sp³-hybridized carbons (Fsp3) is 0.167. The highest BCUT2D eigenvalue weighted by molar-refractivity contribution is 6.30. The Bertz CT molecular complexity index is 1210. The van der Waals surface area contributed by atoms with Gasteiger partial charge in [-0.2, -0.15) is 0 Å². The van der Waals surface area contributed by atoms with Crippen molar-refractivity contribution in [2.45, 2.75) is 19.4 Å². The highest BCUT2D eigenvalue weighted by Crippen LogP contribution is 2.15. The molecule has 0 spiro atoms. The Morgan fingerprint density at radius 3 is 2.55 bits per heavy atom. The third-order valence-corrected chi connectivity index (χ3v) is 5.37. The van der Waals surface area contributed by atoms with Gasteiger partial charge in [0.25, 0.3) is 0 Å². The van der Waals surface area contributed by atoms with Gasteiger partial charge in [-0.15, -0.1) is 0 Å². The highest BCUT2D eigenvalue weighted by Gasteiger charge is 2.09. The zero-order valence-corrected chi connectivity index (χ0v) is 19.2. The molecule has 2 aromatic carbocycles. The number of hydrogen-bond donors (Lipinski definition) is 2. The van der Waals surface area contributed by atoms with E-state index < -0.39 is 0 Å². The summed E-state index contributed by atoms with van der Waals surface area (Å²) in [4.78, 5) is 25.7. The van der Waals surface area contributed by atoms with Crippen LogP contribution in [0.1, 0.15) is 17.0 Å². The zero-order valence-electron chi connectivity index (χ0n) is 17.7. The van der Waals surface area contributed by atoms with E-state index in [-0.39, 0.29) is 12.5 Å². The minimum Gasteiger partial charge on any atom is -0.361 e. The lowest BCUT2D eigenvalue weighted by molar-refractivity contribution is -0.119. The van der Waals surface area contributed by atoms with Crippen LogP contribution in [0.5, 0.6) is 0 Å². The van der Waals surface area contributed by atoms with Crippen molar-refractivity contribution in [3.05, 3.63) is 100 Å². The second-order valence-corrected chi connectivity index (χ2v) is 8.26. The SMILES string of the molecule is O=C(CNc1cc(-n2ccnc2)nc(CCc2cccc(Cl)c2)n1)NCc1ccc(Cl)cc1. The van der Waals surface area contributed by atoms with Gasteiger partial charge >= 0.3 is 0 Å². The topological polar surface area (TPSA) is 84.7 Å². The molecule has 4 aromatic rings. The van der Waals surface area contributed by atoms with Crippen molar-refractivity contribution in [3.63, 3.8) is 0 Å². The van der Waals surface area contributed by atoms with E-state index in [0.29, 0.717) is 40.5 Å². The van der Waals surface area contributed by atoms with Gasteiger partial charge in [-0.25, -0.2) is 15.0 Å². The van der Waals surface area contributed by atoms with Crippen LogP contribution < -0.4 is 10.6 Å². The smallest absolute Gasteiger partial charge is 0.239 e. The number of aromatic nitrogens is 4. The third kappa shape index (κ3) is 6.78. The lowest BCUT2D eigenvalue weighted by Gasteiger charge is -2.11. The molecule has 0 aliphatic heterocycles. The predicted molar refractivity (Wildman–Crippen MR) is 130 cm³/mol. The van der Waals surface area contributed by atoms with Crippen molar-refractivity contribution in [2.75, 3.05) is 11.9 Å². The van der Waals surface area contributed by atoms with E-state index in [1.54, 1.807) is 35.3 Å². The van der Waals surface area contributed by atoms with Crippen LogP contribution in [0.15, 0.2) is 73.3 Å². The van der Waals surface area contributed by atoms with Crippen LogP contribution in [0.25, 0.3) is 5.82 Å². The minimum absolute atomic E-state index is 0.0850. The van der Waals surface area contributed by atoms with E-state index in [1.807, 2.05) is 42.6 Å². The maximum atomic E-state index is 12.3. The Hall–Kier alpha value is -3.42. The van der Waals surface area contributed by atoms with Gasteiger partial charge in [-0.05, 0) is 41.8 Å². The summed E-state index contributed by atoms with van der Waals surface area (Å²) in [7, 11) is 0. The standard InChI is InChI=1S/C24H22Cl2N6O/c25-19-7-4-18(5-8-19)14-29-24(33)15-28-22-13-23(32-11-10-27-16-32)31-21(30-22)9-6-17-2-1-3-20(26)12-17/h1-5,7-8,10-13,16H,6,9,14-15H2,(H,29,33)(H,28,30,31). The van der Waals surface area contributed by atoms with Crippen molar-refractivity contribution in [1.29, 1.82) is 0 Å². The second kappa shape index (κ2) is 10.9. The molecule has 168 valence electrons. The number of anilines is 1. The fourth-order valence-electron chi connectivity index (χ4n) is 3.20. The van der Waals surface area contributed by atoms with Gasteiger partial charge in [0.1, 0.15) is 23.8 Å². The summed E-state index contributed by atoms with van der Waals surface area (Å²) in [6.45, 7) is 0.508. The maximum Gasteiger partial charge on any atom is 0.239 e. The fourth-order valence-corrected chi connectivity index (χ4v) is 3.54. The van der Waals surface area contributed by atoms with Crippen LogP contribution in [0.2, 0.25) is 10.0 Å². The van der Waals surface area contributed by atoms with E-state index in [0.717, 1.165) is 17.5 Å². The van der Waals surface area contributed by atoms with E-state index in [4.69, 9.17) is 23.2 Å². The molecule has 4 rings (SSSR count). The van der Waals surface area contributed by atoms with Gasteiger partial charge < -0.3 is 10.6 Å². The Balaban J connectivity index is 1.41. The van der Waals surface area contributed by atoms with Crippen LogP contribution in [0.3, 0.4) is 0 Å². The van der Waals surface area contributed by atoms with Crippen LogP contribution in [-0.2, 0) is 24.2 Å². The summed E-state index contributed by atoms with van der Waals surface area (Å²) in [6, 6.07) is 16.9. The number of amides is 1. The van der Waals surface area contributed by atoms with E-state index in [2.05, 4.69) is 25.6 Å². The summed E-state index contributed by atoms with van der Waals surface area (Å²) in [5.74, 6) is 1.75. The molecule has 7 nitrogen and oxygen atoms in total. The zero-order chi connectivity index (χ0) is 23.0. The molecular formula is C24H22Cl2N6O. The molecular weight excluding hydrogens is 459 g/mol. The number of benzene rings is 2. The Kier molecular flexibility index (Phi) is 7.55. The van der Waals surface area contributed by atoms with Crippen LogP contribution >= 0.6 is 23.2 Å². The van der Waals surface area contributed by atoms with Gasteiger partial charge in [0.2, 0.25) is 5.91 Å². The molecule has 33 heavy (non-hydrogen) atoms. The summed E-state index contributed by atoms with van der Waals surface area (Å²) < 4.78 is 1.80. The first-order valence-electron chi connectivity index (χ1n) is 10.4. The van der Waals surface area contributed by atoms with E-state index in [9.17, 15) is 4.79 Å². The Morgan fingerprint density at radius 2 is 1.79 bits per heavy atom. The monoisotopic (exact) mass is 480 g/mol. The van der Waals surface area contributed by atoms with Gasteiger partial charge in [0.15, 0.2) is 0 Å². The molecule has 2 N–H and O–H groups in total. The third-order valence-electron chi connectivity index (χ3n) is 4.89. The minimum atomic E-state index is -0.145. The molecule has 0 radical (unpaired) electrons. The van der Waals surface area contributed by atoms with Gasteiger partial charge in [0, 0.05) is 41.5 Å². The molecule has 2 aromatic heterocycles. The molecule has 0 aliphatic rings. The van der Waals surface area contributed by atoms with E-state index in [1.165, 1.54) is 0 Å². The molecule has 0 fully saturated rings. The van der Waals surface area contributed by atoms with Crippen molar-refractivity contribution in [2.24, 2.45) is 0 Å². The molecule has 0 bridgehead atoms. The molecule has 0 saturated carbocycles. The molecule has 0 atom stereocenters. The number of hydrogen-bond acceptors (Lipinski definition) is 5. The molecule has 0 saturated heterocycles. The number of rotatable bonds is 9. The van der Waals surface area contributed by atoms with Crippen LogP contribution in [0.4, 0.5) is 5.82 Å². The first-order chi connectivity index (χ1) is 16.0. The number of carbonyl (C=O) groups is 1. The van der Waals surface area contributed by atoms with Gasteiger partial charge in [-0.3, -0.25) is 9.36 Å². The van der Waals surface area contributed by atoms with Gasteiger partial charge in [0.05, 0.1) is 6.54 Å². The van der Waals surface area contributed by atoms with Crippen molar-refractivity contribution >= 4 is 34.9 Å². The van der Waals surface area contributed by atoms with Crippen molar-refractivity contribution < 1.29 is 4.79 Å². The molecule has 0 aliphatic carbocycles. The summed E-state index contributed by atoms with van der Waals surface area (Å²) >= 11 is 12.0. The molecule has 1 amide bonds. The average Bonchev–Trinajstić information content (AvgIpc) is 3.36. The number of aryl methyl sites for hydroxylation is 2. The lowest BCUT2D eigenvalue weighted by atomic mass is 10.1. The normalized spacial score (nSPS) is 10.7. The first kappa shape index (κ1) is 22.8. The number of imidazole rings is 1. The van der Waals surface area contributed by atoms with Crippen molar-refractivity contribution in [3.8, 4) is 5.82 Å². The van der Waals surface area contributed by atoms with Gasteiger partial charge in [-0.1, -0.05) is 47.5 Å². The summed E-state index contributed by atoms with van der Waals surface area (Å²) in [6.07, 6.45) is 6.54. The number of halogens is 2. The van der Waals surface area contributed by atoms with Crippen molar-refractivity contribution in [1.82, 2.24) is 24.8 Å². The Labute approximate surface area is 201 Å². The largest absolute Gasteiger partial charge is 0.361 e. The second-order valence-electron chi connectivity index (χ2n) is 7.38.